The molecule has 1 fully saturated rings. The molecular weight excluding hydrogens is 114 g/mol. The summed E-state index contributed by atoms with van der Waals surface area (Å²) in [6, 6.07) is 0. The molecule has 1 rings (SSSR count). The van der Waals surface area contributed by atoms with E-state index in [4.69, 9.17) is 4.74 Å². The second kappa shape index (κ2) is 3.18. The Morgan fingerprint density at radius 2 is 2.44 bits per heavy atom. The van der Waals surface area contributed by atoms with E-state index in [-0.39, 0.29) is 0 Å². The van der Waals surface area contributed by atoms with Crippen LogP contribution >= 0.6 is 0 Å². The van der Waals surface area contributed by atoms with Crippen molar-refractivity contribution in [3.8, 4) is 0 Å². The van der Waals surface area contributed by atoms with Crippen LogP contribution in [0.3, 0.4) is 0 Å². The molecule has 1 saturated heterocycles. The average Bonchev–Trinajstić information content (AvgIpc) is 1.88. The number of hydrogen-bond donors (Lipinski definition) is 1. The second-order valence-corrected chi connectivity index (χ2v) is 2.70. The molecule has 0 bridgehead atoms. The van der Waals surface area contributed by atoms with Crippen molar-refractivity contribution in [3.63, 3.8) is 0 Å². The summed E-state index contributed by atoms with van der Waals surface area (Å²) in [5.74, 6) is 0. The normalized spacial score (nSPS) is 36.7. The van der Waals surface area contributed by atoms with Gasteiger partial charge in [0.1, 0.15) is 6.10 Å². The zero-order valence-corrected chi connectivity index (χ0v) is 6.02. The van der Waals surface area contributed by atoms with Gasteiger partial charge in [0, 0.05) is 7.11 Å². The Morgan fingerprint density at radius 1 is 1.67 bits per heavy atom. The van der Waals surface area contributed by atoms with Crippen molar-refractivity contribution in [3.05, 3.63) is 7.05 Å². The van der Waals surface area contributed by atoms with Gasteiger partial charge >= 0.3 is 0 Å². The largest absolute Gasteiger partial charge is 0.466 e. The predicted octanol–water partition coefficient (Wildman–Crippen LogP) is -0.528. The van der Waals surface area contributed by atoms with Gasteiger partial charge in [-0.25, -0.2) is 0 Å². The van der Waals surface area contributed by atoms with Gasteiger partial charge in [-0.2, -0.15) is 7.05 Å². The first kappa shape index (κ1) is 7.03. The molecule has 2 nitrogen and oxygen atoms in total. The SMILES string of the molecule is [CH2-][NH+]1CCCC(OC)C1. The summed E-state index contributed by atoms with van der Waals surface area (Å²) >= 11 is 0. The molecule has 54 valence electrons. The Morgan fingerprint density at radius 3 is 2.89 bits per heavy atom. The number of hydrogen-bond acceptors (Lipinski definition) is 1. The monoisotopic (exact) mass is 129 g/mol. The third-order valence-corrected chi connectivity index (χ3v) is 1.91. The highest BCUT2D eigenvalue weighted by Gasteiger charge is 2.15. The number of piperidine rings is 1. The van der Waals surface area contributed by atoms with E-state index in [0.29, 0.717) is 6.10 Å². The standard InChI is InChI=1S/C7H15NO/c1-8-5-3-4-7(6-8)9-2/h7-8H,1,3-6H2,2H3. The molecule has 1 aliphatic rings. The van der Waals surface area contributed by atoms with Crippen LogP contribution in [-0.2, 0) is 4.74 Å². The minimum atomic E-state index is 0.464. The Kier molecular flexibility index (Phi) is 2.49. The lowest BCUT2D eigenvalue weighted by Crippen LogP contribution is -3.09. The molecule has 0 spiro atoms. The summed E-state index contributed by atoms with van der Waals surface area (Å²) in [4.78, 5) is 1.35. The van der Waals surface area contributed by atoms with Crippen LogP contribution in [0.25, 0.3) is 0 Å². The highest BCUT2D eigenvalue weighted by atomic mass is 16.5. The lowest BCUT2D eigenvalue weighted by Gasteiger charge is -2.30. The molecule has 0 aromatic heterocycles. The number of ether oxygens (including phenoxy) is 1. The van der Waals surface area contributed by atoms with Crippen LogP contribution in [0.2, 0.25) is 0 Å². The van der Waals surface area contributed by atoms with Gasteiger partial charge in [0.25, 0.3) is 0 Å². The van der Waals surface area contributed by atoms with E-state index in [9.17, 15) is 0 Å². The smallest absolute Gasteiger partial charge is 0.104 e. The Balaban J connectivity index is 2.23. The molecule has 1 aliphatic heterocycles. The molecule has 2 heteroatoms. The van der Waals surface area contributed by atoms with Crippen molar-refractivity contribution < 1.29 is 9.64 Å². The van der Waals surface area contributed by atoms with Gasteiger partial charge in [0.05, 0.1) is 13.1 Å². The van der Waals surface area contributed by atoms with E-state index in [2.05, 4.69) is 7.05 Å². The third-order valence-electron chi connectivity index (χ3n) is 1.91. The van der Waals surface area contributed by atoms with Crippen LogP contribution in [0.1, 0.15) is 12.8 Å². The molecule has 0 aromatic rings. The van der Waals surface area contributed by atoms with Crippen LogP contribution in [0, 0.1) is 7.05 Å². The van der Waals surface area contributed by atoms with Crippen molar-refractivity contribution in [1.82, 2.24) is 0 Å². The minimum absolute atomic E-state index is 0.464. The molecule has 2 atom stereocenters. The molecule has 1 heterocycles. The Hall–Kier alpha value is -0.0800. The molecule has 0 aromatic carbocycles. The Bertz CT molecular complexity index is 85.0. The summed E-state index contributed by atoms with van der Waals surface area (Å²) < 4.78 is 5.20. The van der Waals surface area contributed by atoms with E-state index in [1.807, 2.05) is 0 Å². The molecule has 0 radical (unpaired) electrons. The lowest BCUT2D eigenvalue weighted by atomic mass is 10.1. The van der Waals surface area contributed by atoms with Gasteiger partial charge in [0.2, 0.25) is 0 Å². The van der Waals surface area contributed by atoms with Crippen molar-refractivity contribution in [2.75, 3.05) is 20.2 Å². The summed E-state index contributed by atoms with van der Waals surface area (Å²) in [5, 5.41) is 0. The van der Waals surface area contributed by atoms with Crippen LogP contribution in [0.5, 0.6) is 0 Å². The molecule has 1 N–H and O–H groups in total. The number of nitrogens with one attached hydrogen (secondary N) is 1. The van der Waals surface area contributed by atoms with E-state index < -0.39 is 0 Å². The first-order chi connectivity index (χ1) is 4.33. The summed E-state index contributed by atoms with van der Waals surface area (Å²) in [6.07, 6.45) is 2.94. The third kappa shape index (κ3) is 1.95. The maximum Gasteiger partial charge on any atom is 0.104 e. The molecule has 0 amide bonds. The van der Waals surface area contributed by atoms with Crippen LogP contribution in [0.4, 0.5) is 0 Å². The van der Waals surface area contributed by atoms with Crippen molar-refractivity contribution in [2.24, 2.45) is 0 Å². The summed E-state index contributed by atoms with van der Waals surface area (Å²) in [6.45, 7) is 2.29. The predicted molar refractivity (Wildman–Crippen MR) is 36.1 cm³/mol. The average molecular weight is 129 g/mol. The maximum atomic E-state index is 5.20. The molecule has 0 aliphatic carbocycles. The van der Waals surface area contributed by atoms with Gasteiger partial charge in [0.15, 0.2) is 0 Å². The number of likely N-dealkylation sites (tertiary alicyclic amines) is 1. The lowest BCUT2D eigenvalue weighted by molar-refractivity contribution is -0.863. The number of rotatable bonds is 1. The van der Waals surface area contributed by atoms with Crippen molar-refractivity contribution in [1.29, 1.82) is 0 Å². The zero-order chi connectivity index (χ0) is 6.69. The van der Waals surface area contributed by atoms with Crippen LogP contribution in [-0.4, -0.2) is 26.3 Å². The van der Waals surface area contributed by atoms with Gasteiger partial charge in [-0.1, -0.05) is 0 Å². The Labute approximate surface area is 56.8 Å². The van der Waals surface area contributed by atoms with Gasteiger partial charge in [-0.3, -0.25) is 0 Å². The van der Waals surface area contributed by atoms with E-state index in [0.717, 1.165) is 6.54 Å². The topological polar surface area (TPSA) is 13.7 Å². The summed E-state index contributed by atoms with van der Waals surface area (Å²) in [7, 11) is 5.71. The first-order valence-corrected chi connectivity index (χ1v) is 3.52. The first-order valence-electron chi connectivity index (χ1n) is 3.52. The quantitative estimate of drug-likeness (QED) is 0.470. The number of quaternary nitrogens is 1. The maximum absolute atomic E-state index is 5.20. The van der Waals surface area contributed by atoms with Crippen LogP contribution < -0.4 is 4.90 Å². The fourth-order valence-electron chi connectivity index (χ4n) is 1.31. The highest BCUT2D eigenvalue weighted by Crippen LogP contribution is 2.00. The minimum Gasteiger partial charge on any atom is -0.466 e. The van der Waals surface area contributed by atoms with E-state index in [1.165, 1.54) is 24.3 Å². The molecule has 2 unspecified atom stereocenters. The number of methoxy groups -OCH3 is 1. The van der Waals surface area contributed by atoms with E-state index in [1.54, 1.807) is 7.11 Å². The second-order valence-electron chi connectivity index (χ2n) is 2.70. The summed E-state index contributed by atoms with van der Waals surface area (Å²) in [5.41, 5.74) is 0. The van der Waals surface area contributed by atoms with Crippen molar-refractivity contribution >= 4 is 0 Å². The van der Waals surface area contributed by atoms with E-state index >= 15 is 0 Å². The van der Waals surface area contributed by atoms with Crippen LogP contribution in [0.15, 0.2) is 0 Å². The fraction of sp³-hybridized carbons (Fsp3) is 0.857. The fourth-order valence-corrected chi connectivity index (χ4v) is 1.31. The highest BCUT2D eigenvalue weighted by molar-refractivity contribution is 4.58. The molecule has 0 saturated carbocycles. The molecular formula is C7H15NO. The van der Waals surface area contributed by atoms with Gasteiger partial charge < -0.3 is 9.64 Å². The van der Waals surface area contributed by atoms with Gasteiger partial charge in [-0.15, -0.1) is 0 Å². The zero-order valence-electron chi connectivity index (χ0n) is 6.02. The van der Waals surface area contributed by atoms with Crippen molar-refractivity contribution in [2.45, 2.75) is 18.9 Å². The molecule has 9 heavy (non-hydrogen) atoms. The van der Waals surface area contributed by atoms with Gasteiger partial charge in [-0.05, 0) is 12.8 Å².